The molecule has 0 saturated heterocycles. The summed E-state index contributed by atoms with van der Waals surface area (Å²) in [6.45, 7) is 1.98. The highest BCUT2D eigenvalue weighted by molar-refractivity contribution is 7.15. The molecule has 0 fully saturated rings. The zero-order chi connectivity index (χ0) is 29.2. The molecule has 0 spiro atoms. The van der Waals surface area contributed by atoms with Crippen molar-refractivity contribution in [1.29, 1.82) is 0 Å². The Morgan fingerprint density at radius 2 is 1.54 bits per heavy atom. The van der Waals surface area contributed by atoms with Crippen LogP contribution in [0.25, 0.3) is 0 Å². The van der Waals surface area contributed by atoms with Gasteiger partial charge in [0.1, 0.15) is 10.8 Å². The first kappa shape index (κ1) is 29.6. The Morgan fingerprint density at radius 3 is 2.24 bits per heavy atom. The first-order valence-corrected chi connectivity index (χ1v) is 13.6. The molecule has 214 valence electrons. The summed E-state index contributed by atoms with van der Waals surface area (Å²) < 4.78 is 41.1. The van der Waals surface area contributed by atoms with Crippen LogP contribution in [-0.2, 0) is 35.3 Å². The number of hydrogen-bond acceptors (Lipinski definition) is 8. The number of alkyl halides is 3. The maximum atomic E-state index is 12.4. The van der Waals surface area contributed by atoms with E-state index in [1.807, 2.05) is 31.2 Å². The van der Waals surface area contributed by atoms with Crippen LogP contribution in [0.4, 0.5) is 24.1 Å². The average molecular weight is 585 g/mol. The summed E-state index contributed by atoms with van der Waals surface area (Å²) in [6.07, 6.45) is -1.64. The molecule has 0 radical (unpaired) electrons. The zero-order valence-electron chi connectivity index (χ0n) is 22.1. The van der Waals surface area contributed by atoms with E-state index in [1.165, 1.54) is 29.5 Å². The molecule has 0 aliphatic rings. The number of aromatic nitrogens is 4. The quantitative estimate of drug-likeness (QED) is 0.212. The Kier molecular flexibility index (Phi) is 9.95. The van der Waals surface area contributed by atoms with E-state index in [0.29, 0.717) is 23.5 Å². The normalized spacial score (nSPS) is 11.2. The maximum absolute atomic E-state index is 12.4. The van der Waals surface area contributed by atoms with Crippen LogP contribution < -0.4 is 15.4 Å². The van der Waals surface area contributed by atoms with Gasteiger partial charge in [0.15, 0.2) is 5.82 Å². The van der Waals surface area contributed by atoms with Crippen molar-refractivity contribution in [2.24, 2.45) is 0 Å². The number of anilines is 2. The van der Waals surface area contributed by atoms with Crippen molar-refractivity contribution in [2.45, 2.75) is 51.8 Å². The fourth-order valence-corrected chi connectivity index (χ4v) is 4.74. The lowest BCUT2D eigenvalue weighted by Gasteiger charge is -2.10. The Balaban J connectivity index is 1.16. The Hall–Kier alpha value is -4.39. The molecule has 2 heterocycles. The molecule has 2 aromatic heterocycles. The lowest BCUT2D eigenvalue weighted by Crippen LogP contribution is -2.18. The van der Waals surface area contributed by atoms with Crippen molar-refractivity contribution in [1.82, 2.24) is 20.4 Å². The van der Waals surface area contributed by atoms with Crippen molar-refractivity contribution in [3.05, 3.63) is 88.1 Å². The summed E-state index contributed by atoms with van der Waals surface area (Å²) in [5, 5.41) is 23.0. The topological polar surface area (TPSA) is 119 Å². The number of halogens is 3. The fourth-order valence-electron chi connectivity index (χ4n) is 3.94. The number of nitrogens with zero attached hydrogens (tertiary/aromatic N) is 4. The minimum atomic E-state index is -4.80. The molecule has 0 aliphatic heterocycles. The van der Waals surface area contributed by atoms with Crippen molar-refractivity contribution >= 4 is 34.1 Å². The van der Waals surface area contributed by atoms with Gasteiger partial charge in [-0.1, -0.05) is 53.3 Å². The molecule has 4 aromatic rings. The molecule has 2 N–H and O–H groups in total. The number of hydrogen-bond donors (Lipinski definition) is 2. The van der Waals surface area contributed by atoms with E-state index in [-0.39, 0.29) is 30.3 Å². The van der Waals surface area contributed by atoms with Crippen molar-refractivity contribution in [3.63, 3.8) is 0 Å². The number of aryl methyl sites for hydroxylation is 3. The van der Waals surface area contributed by atoms with Crippen LogP contribution in [0.2, 0.25) is 0 Å². The SMILES string of the molecule is Cc1cccc(CC(=O)Nc2nnc(CCCCc3ccc(NC(=O)Cc4cccc(OC(F)(F)F)c4)nn3)s2)c1. The molecule has 2 amide bonds. The molecule has 9 nitrogen and oxygen atoms in total. The zero-order valence-corrected chi connectivity index (χ0v) is 22.9. The molecule has 13 heteroatoms. The first-order valence-electron chi connectivity index (χ1n) is 12.8. The fraction of sp³-hybridized carbons (Fsp3) is 0.286. The highest BCUT2D eigenvalue weighted by atomic mass is 32.1. The van der Waals surface area contributed by atoms with Gasteiger partial charge < -0.3 is 15.4 Å². The van der Waals surface area contributed by atoms with E-state index >= 15 is 0 Å². The van der Waals surface area contributed by atoms with E-state index in [4.69, 9.17) is 0 Å². The summed E-state index contributed by atoms with van der Waals surface area (Å²) in [5.74, 6) is -0.730. The number of benzene rings is 2. The van der Waals surface area contributed by atoms with Gasteiger partial charge >= 0.3 is 6.36 Å². The number of ether oxygens (including phenoxy) is 1. The number of carbonyl (C=O) groups is 2. The van der Waals surface area contributed by atoms with E-state index in [0.717, 1.165) is 40.7 Å². The minimum absolute atomic E-state index is 0.138. The second kappa shape index (κ2) is 13.8. The van der Waals surface area contributed by atoms with E-state index < -0.39 is 12.3 Å². The second-order valence-corrected chi connectivity index (χ2v) is 10.3. The maximum Gasteiger partial charge on any atom is 0.573 e. The van der Waals surface area contributed by atoms with Gasteiger partial charge in [-0.15, -0.1) is 28.5 Å². The number of nitrogens with one attached hydrogen (secondary N) is 2. The lowest BCUT2D eigenvalue weighted by molar-refractivity contribution is -0.274. The first-order chi connectivity index (χ1) is 19.6. The monoisotopic (exact) mass is 584 g/mol. The molecule has 0 aliphatic carbocycles. The van der Waals surface area contributed by atoms with Crippen LogP contribution in [0.5, 0.6) is 5.75 Å². The van der Waals surface area contributed by atoms with Gasteiger partial charge in [0.05, 0.1) is 18.5 Å². The molecule has 0 saturated carbocycles. The van der Waals surface area contributed by atoms with E-state index in [9.17, 15) is 22.8 Å². The van der Waals surface area contributed by atoms with Crippen LogP contribution in [0.3, 0.4) is 0 Å². The van der Waals surface area contributed by atoms with Gasteiger partial charge in [0.2, 0.25) is 16.9 Å². The predicted molar refractivity (Wildman–Crippen MR) is 148 cm³/mol. The van der Waals surface area contributed by atoms with Crippen molar-refractivity contribution < 1.29 is 27.5 Å². The minimum Gasteiger partial charge on any atom is -0.406 e. The molecule has 41 heavy (non-hydrogen) atoms. The van der Waals surface area contributed by atoms with Crippen LogP contribution in [0.15, 0.2) is 60.7 Å². The van der Waals surface area contributed by atoms with Crippen LogP contribution in [-0.4, -0.2) is 38.6 Å². The summed E-state index contributed by atoms with van der Waals surface area (Å²) >= 11 is 1.35. The average Bonchev–Trinajstić information content (AvgIpc) is 3.33. The largest absolute Gasteiger partial charge is 0.573 e. The number of amides is 2. The predicted octanol–water partition coefficient (Wildman–Crippen LogP) is 5.46. The van der Waals surface area contributed by atoms with Crippen LogP contribution in [0, 0.1) is 6.92 Å². The van der Waals surface area contributed by atoms with Gasteiger partial charge in [-0.25, -0.2) is 0 Å². The third-order valence-corrected chi connectivity index (χ3v) is 6.62. The highest BCUT2D eigenvalue weighted by Crippen LogP contribution is 2.24. The van der Waals surface area contributed by atoms with Crippen molar-refractivity contribution in [3.8, 4) is 5.75 Å². The second-order valence-electron chi connectivity index (χ2n) is 9.25. The summed E-state index contributed by atoms with van der Waals surface area (Å²) in [5.41, 5.74) is 3.15. The number of carbonyl (C=O) groups excluding carboxylic acids is 2. The summed E-state index contributed by atoms with van der Waals surface area (Å²) in [7, 11) is 0. The highest BCUT2D eigenvalue weighted by Gasteiger charge is 2.31. The van der Waals surface area contributed by atoms with Gasteiger partial charge in [-0.3, -0.25) is 9.59 Å². The summed E-state index contributed by atoms with van der Waals surface area (Å²) in [6, 6.07) is 16.4. The van der Waals surface area contributed by atoms with Gasteiger partial charge in [0.25, 0.3) is 0 Å². The number of rotatable bonds is 12. The van der Waals surface area contributed by atoms with Crippen LogP contribution in [0.1, 0.15) is 40.2 Å². The van der Waals surface area contributed by atoms with Gasteiger partial charge in [-0.2, -0.15) is 5.10 Å². The molecule has 0 atom stereocenters. The smallest absolute Gasteiger partial charge is 0.406 e. The molecule has 2 aromatic carbocycles. The van der Waals surface area contributed by atoms with E-state index in [1.54, 1.807) is 12.1 Å². The molecule has 0 unspecified atom stereocenters. The molecule has 0 bridgehead atoms. The van der Waals surface area contributed by atoms with E-state index in [2.05, 4.69) is 35.8 Å². The van der Waals surface area contributed by atoms with Gasteiger partial charge in [0, 0.05) is 6.42 Å². The molecular formula is C28H27F3N6O3S. The molecule has 4 rings (SSSR count). The third-order valence-electron chi connectivity index (χ3n) is 5.72. The number of unbranched alkanes of at least 4 members (excludes halogenated alkanes) is 1. The van der Waals surface area contributed by atoms with Gasteiger partial charge in [-0.05, 0) is 61.6 Å². The summed E-state index contributed by atoms with van der Waals surface area (Å²) in [4.78, 5) is 24.6. The van der Waals surface area contributed by atoms with Crippen LogP contribution >= 0.6 is 11.3 Å². The Labute approximate surface area is 238 Å². The Morgan fingerprint density at radius 1 is 0.829 bits per heavy atom. The lowest BCUT2D eigenvalue weighted by atomic mass is 10.1. The molecular weight excluding hydrogens is 557 g/mol. The van der Waals surface area contributed by atoms with Crippen molar-refractivity contribution in [2.75, 3.05) is 10.6 Å². The Bertz CT molecular complexity index is 1480. The third kappa shape index (κ3) is 10.3. The standard InChI is InChI=1S/C28H27F3N6O3S/c1-18-6-4-7-19(14-18)16-25(39)33-27-37-36-26(41-27)11-3-2-9-21-12-13-23(35-34-21)32-24(38)17-20-8-5-10-22(15-20)40-28(29,30)31/h4-8,10,12-15H,2-3,9,11,16-17H2,1H3,(H,32,35,38)(H,33,37,39).